The average Bonchev–Trinajstić information content (AvgIpc) is 2.29. The maximum atomic E-state index is 11.8. The van der Waals surface area contributed by atoms with Crippen molar-refractivity contribution in [1.82, 2.24) is 5.32 Å². The van der Waals surface area contributed by atoms with E-state index in [0.717, 1.165) is 18.4 Å². The smallest absolute Gasteiger partial charge is 0.237 e. The van der Waals surface area contributed by atoms with Crippen LogP contribution in [0.5, 0.6) is 0 Å². The zero-order valence-corrected chi connectivity index (χ0v) is 10.9. The molecule has 1 rings (SSSR count). The largest absolute Gasteiger partial charge is 0.348 e. The van der Waals surface area contributed by atoms with Crippen LogP contribution in [0.2, 0.25) is 0 Å². The Bertz CT molecular complexity index is 376. The number of carbonyl (C=O) groups excluding carboxylic acids is 1. The minimum Gasteiger partial charge on any atom is -0.348 e. The van der Waals surface area contributed by atoms with Crippen LogP contribution in [-0.2, 0) is 4.79 Å². The SMILES string of the molecule is CCCC(N)C(=O)N[C@@H](C)c1cccc(C)c1. The van der Waals surface area contributed by atoms with Gasteiger partial charge in [-0.2, -0.15) is 0 Å². The Hall–Kier alpha value is -1.35. The molecule has 0 heterocycles. The second-order valence-electron chi connectivity index (χ2n) is 4.54. The average molecular weight is 234 g/mol. The van der Waals surface area contributed by atoms with E-state index in [0.29, 0.717) is 0 Å². The Balaban J connectivity index is 2.60. The van der Waals surface area contributed by atoms with Crippen molar-refractivity contribution in [2.24, 2.45) is 5.73 Å². The highest BCUT2D eigenvalue weighted by Gasteiger charge is 2.15. The van der Waals surface area contributed by atoms with Crippen LogP contribution >= 0.6 is 0 Å². The monoisotopic (exact) mass is 234 g/mol. The van der Waals surface area contributed by atoms with Crippen LogP contribution in [0.1, 0.15) is 43.9 Å². The van der Waals surface area contributed by atoms with Crippen molar-refractivity contribution < 1.29 is 4.79 Å². The zero-order valence-electron chi connectivity index (χ0n) is 10.9. The van der Waals surface area contributed by atoms with Crippen molar-refractivity contribution in [3.63, 3.8) is 0 Å². The van der Waals surface area contributed by atoms with E-state index < -0.39 is 6.04 Å². The van der Waals surface area contributed by atoms with Crippen molar-refractivity contribution in [2.45, 2.75) is 45.7 Å². The number of hydrogen-bond donors (Lipinski definition) is 2. The van der Waals surface area contributed by atoms with Crippen LogP contribution in [-0.4, -0.2) is 11.9 Å². The first-order chi connectivity index (χ1) is 8.04. The van der Waals surface area contributed by atoms with Crippen molar-refractivity contribution in [3.05, 3.63) is 35.4 Å². The fourth-order valence-corrected chi connectivity index (χ4v) is 1.79. The third-order valence-electron chi connectivity index (χ3n) is 2.84. The van der Waals surface area contributed by atoms with E-state index in [9.17, 15) is 4.79 Å². The van der Waals surface area contributed by atoms with Gasteiger partial charge in [0, 0.05) is 0 Å². The topological polar surface area (TPSA) is 55.1 Å². The molecule has 1 amide bonds. The molecular weight excluding hydrogens is 212 g/mol. The lowest BCUT2D eigenvalue weighted by Crippen LogP contribution is -2.41. The number of nitrogens with one attached hydrogen (secondary N) is 1. The first kappa shape index (κ1) is 13.7. The van der Waals surface area contributed by atoms with E-state index in [1.807, 2.05) is 39.0 Å². The molecule has 2 atom stereocenters. The van der Waals surface area contributed by atoms with Gasteiger partial charge < -0.3 is 11.1 Å². The third-order valence-corrected chi connectivity index (χ3v) is 2.84. The van der Waals surface area contributed by atoms with E-state index in [2.05, 4.69) is 11.4 Å². The summed E-state index contributed by atoms with van der Waals surface area (Å²) >= 11 is 0. The Kier molecular flexibility index (Phi) is 5.16. The number of nitrogens with two attached hydrogens (primary N) is 1. The molecule has 94 valence electrons. The summed E-state index contributed by atoms with van der Waals surface area (Å²) in [6.45, 7) is 6.04. The minimum absolute atomic E-state index is 0.00491. The summed E-state index contributed by atoms with van der Waals surface area (Å²) in [5, 5.41) is 2.94. The van der Waals surface area contributed by atoms with Crippen molar-refractivity contribution in [2.75, 3.05) is 0 Å². The molecule has 17 heavy (non-hydrogen) atoms. The minimum atomic E-state index is -0.396. The highest BCUT2D eigenvalue weighted by atomic mass is 16.2. The van der Waals surface area contributed by atoms with Gasteiger partial charge in [-0.15, -0.1) is 0 Å². The van der Waals surface area contributed by atoms with Gasteiger partial charge >= 0.3 is 0 Å². The summed E-state index contributed by atoms with van der Waals surface area (Å²) in [6.07, 6.45) is 1.65. The van der Waals surface area contributed by atoms with Gasteiger partial charge in [-0.05, 0) is 25.8 Å². The second-order valence-corrected chi connectivity index (χ2v) is 4.54. The van der Waals surface area contributed by atoms with Gasteiger partial charge in [0.05, 0.1) is 12.1 Å². The van der Waals surface area contributed by atoms with Crippen molar-refractivity contribution in [3.8, 4) is 0 Å². The molecule has 3 heteroatoms. The molecule has 0 spiro atoms. The van der Waals surface area contributed by atoms with Gasteiger partial charge in [0.25, 0.3) is 0 Å². The number of carbonyl (C=O) groups is 1. The molecule has 3 N–H and O–H groups in total. The van der Waals surface area contributed by atoms with Crippen LogP contribution in [0.25, 0.3) is 0 Å². The second kappa shape index (κ2) is 6.40. The summed E-state index contributed by atoms with van der Waals surface area (Å²) in [4.78, 5) is 11.8. The quantitative estimate of drug-likeness (QED) is 0.821. The van der Waals surface area contributed by atoms with E-state index in [1.54, 1.807) is 0 Å². The fourth-order valence-electron chi connectivity index (χ4n) is 1.79. The van der Waals surface area contributed by atoms with Crippen LogP contribution in [0.4, 0.5) is 0 Å². The van der Waals surface area contributed by atoms with Crippen LogP contribution in [0.15, 0.2) is 24.3 Å². The Morgan fingerprint density at radius 2 is 2.18 bits per heavy atom. The van der Waals surface area contributed by atoms with Crippen LogP contribution in [0, 0.1) is 6.92 Å². The highest BCUT2D eigenvalue weighted by Crippen LogP contribution is 2.13. The number of hydrogen-bond acceptors (Lipinski definition) is 2. The molecule has 0 fully saturated rings. The summed E-state index contributed by atoms with van der Waals surface area (Å²) in [5.41, 5.74) is 8.08. The molecule has 1 unspecified atom stereocenters. The van der Waals surface area contributed by atoms with Crippen molar-refractivity contribution in [1.29, 1.82) is 0 Å². The predicted molar refractivity (Wildman–Crippen MR) is 70.6 cm³/mol. The lowest BCUT2D eigenvalue weighted by Gasteiger charge is -2.18. The first-order valence-electron chi connectivity index (χ1n) is 6.17. The predicted octanol–water partition coefficient (Wildman–Crippen LogP) is 2.30. The Morgan fingerprint density at radius 3 is 2.76 bits per heavy atom. The normalized spacial score (nSPS) is 14.1. The molecular formula is C14H22N2O. The van der Waals surface area contributed by atoms with Gasteiger partial charge in [0.1, 0.15) is 0 Å². The summed E-state index contributed by atoms with van der Waals surface area (Å²) in [7, 11) is 0. The fraction of sp³-hybridized carbons (Fsp3) is 0.500. The molecule has 0 radical (unpaired) electrons. The maximum absolute atomic E-state index is 11.8. The molecule has 0 bridgehead atoms. The number of rotatable bonds is 5. The molecule has 3 nitrogen and oxygen atoms in total. The van der Waals surface area contributed by atoms with E-state index in [-0.39, 0.29) is 11.9 Å². The van der Waals surface area contributed by atoms with Crippen LogP contribution in [0.3, 0.4) is 0 Å². The van der Waals surface area contributed by atoms with Gasteiger partial charge in [-0.3, -0.25) is 4.79 Å². The summed E-state index contributed by atoms with van der Waals surface area (Å²) in [6, 6.07) is 7.75. The lowest BCUT2D eigenvalue weighted by molar-refractivity contribution is -0.123. The van der Waals surface area contributed by atoms with Crippen molar-refractivity contribution >= 4 is 5.91 Å². The van der Waals surface area contributed by atoms with Gasteiger partial charge in [-0.1, -0.05) is 43.2 Å². The third kappa shape index (κ3) is 4.19. The lowest BCUT2D eigenvalue weighted by atomic mass is 10.0. The number of amides is 1. The standard InChI is InChI=1S/C14H22N2O/c1-4-6-13(15)14(17)16-11(3)12-8-5-7-10(2)9-12/h5,7-9,11,13H,4,6,15H2,1-3H3,(H,16,17)/t11-,13?/m0/s1. The molecule has 0 aromatic heterocycles. The Morgan fingerprint density at radius 1 is 1.47 bits per heavy atom. The molecule has 1 aromatic carbocycles. The van der Waals surface area contributed by atoms with Gasteiger partial charge in [0.2, 0.25) is 5.91 Å². The maximum Gasteiger partial charge on any atom is 0.237 e. The number of aryl methyl sites for hydroxylation is 1. The molecule has 1 aromatic rings. The van der Waals surface area contributed by atoms with E-state index in [4.69, 9.17) is 5.73 Å². The van der Waals surface area contributed by atoms with E-state index >= 15 is 0 Å². The highest BCUT2D eigenvalue weighted by molar-refractivity contribution is 5.81. The molecule has 0 aliphatic carbocycles. The van der Waals surface area contributed by atoms with E-state index in [1.165, 1.54) is 5.56 Å². The summed E-state index contributed by atoms with van der Waals surface area (Å²) in [5.74, 6) is -0.0687. The van der Waals surface area contributed by atoms with Crippen LogP contribution < -0.4 is 11.1 Å². The van der Waals surface area contributed by atoms with Gasteiger partial charge in [0.15, 0.2) is 0 Å². The zero-order chi connectivity index (χ0) is 12.8. The van der Waals surface area contributed by atoms with Gasteiger partial charge in [-0.25, -0.2) is 0 Å². The molecule has 0 aliphatic heterocycles. The molecule has 0 saturated heterocycles. The molecule has 0 saturated carbocycles. The first-order valence-corrected chi connectivity index (χ1v) is 6.17. The molecule has 0 aliphatic rings. The Labute approximate surface area is 103 Å². The number of benzene rings is 1. The summed E-state index contributed by atoms with van der Waals surface area (Å²) < 4.78 is 0.